The van der Waals surface area contributed by atoms with Crippen LogP contribution in [0.4, 0.5) is 5.13 Å². The maximum absolute atomic E-state index is 12.0. The van der Waals surface area contributed by atoms with Crippen molar-refractivity contribution in [2.45, 2.75) is 58.4 Å². The maximum Gasteiger partial charge on any atom is 0.245 e. The molecule has 7 heteroatoms. The summed E-state index contributed by atoms with van der Waals surface area (Å²) in [7, 11) is 0. The Labute approximate surface area is 124 Å². The summed E-state index contributed by atoms with van der Waals surface area (Å²) >= 11 is 1.39. The number of aromatic nitrogens is 2. The highest BCUT2D eigenvalue weighted by atomic mass is 35.5. The number of anilines is 1. The lowest BCUT2D eigenvalue weighted by molar-refractivity contribution is -0.120. The fourth-order valence-electron chi connectivity index (χ4n) is 1.45. The molecule has 1 atom stereocenters. The Morgan fingerprint density at radius 3 is 2.32 bits per heavy atom. The van der Waals surface area contributed by atoms with Crippen molar-refractivity contribution in [1.82, 2.24) is 10.2 Å². The van der Waals surface area contributed by atoms with E-state index >= 15 is 0 Å². The number of amides is 1. The third-order valence-electron chi connectivity index (χ3n) is 2.58. The van der Waals surface area contributed by atoms with Crippen LogP contribution in [0.2, 0.25) is 0 Å². The van der Waals surface area contributed by atoms with Crippen LogP contribution in [0.1, 0.15) is 52.5 Å². The van der Waals surface area contributed by atoms with Crippen molar-refractivity contribution in [1.29, 1.82) is 0 Å². The Kier molecular flexibility index (Phi) is 6.38. The number of nitrogens with zero attached hydrogens (tertiary/aromatic N) is 2. The molecule has 5 nitrogen and oxygen atoms in total. The van der Waals surface area contributed by atoms with Gasteiger partial charge in [0.25, 0.3) is 0 Å². The van der Waals surface area contributed by atoms with Crippen LogP contribution in [0.25, 0.3) is 0 Å². The summed E-state index contributed by atoms with van der Waals surface area (Å²) in [6.45, 7) is 9.91. The van der Waals surface area contributed by atoms with Crippen LogP contribution in [-0.4, -0.2) is 21.6 Å². The molecule has 1 heterocycles. The molecule has 19 heavy (non-hydrogen) atoms. The van der Waals surface area contributed by atoms with Crippen LogP contribution in [-0.2, 0) is 10.2 Å². The lowest BCUT2D eigenvalue weighted by Gasteiger charge is -2.21. The highest BCUT2D eigenvalue weighted by Gasteiger charge is 2.28. The molecule has 0 aliphatic heterocycles. The fourth-order valence-corrected chi connectivity index (χ4v) is 2.25. The summed E-state index contributed by atoms with van der Waals surface area (Å²) in [5.41, 5.74) is 5.04. The first-order chi connectivity index (χ1) is 8.16. The second-order valence-corrected chi connectivity index (χ2v) is 6.76. The molecule has 1 aromatic rings. The minimum Gasteiger partial charge on any atom is -0.318 e. The molecule has 0 fully saturated rings. The molecular formula is C12H23ClN4OS. The molecule has 3 N–H and O–H groups in total. The minimum atomic E-state index is -0.859. The van der Waals surface area contributed by atoms with Gasteiger partial charge in [-0.1, -0.05) is 45.5 Å². The standard InChI is InChI=1S/C12H22N4OS.ClH/c1-6-7-12(5,13)8(17)14-10-16-15-9(18-10)11(2,3)4;/h6-7,13H2,1-5H3,(H,14,16,17);1H. The predicted molar refractivity (Wildman–Crippen MR) is 82.0 cm³/mol. The van der Waals surface area contributed by atoms with Gasteiger partial charge in [0.1, 0.15) is 5.01 Å². The van der Waals surface area contributed by atoms with Gasteiger partial charge in [0.2, 0.25) is 11.0 Å². The van der Waals surface area contributed by atoms with Crippen LogP contribution < -0.4 is 11.1 Å². The summed E-state index contributed by atoms with van der Waals surface area (Å²) in [4.78, 5) is 12.0. The number of halogens is 1. The van der Waals surface area contributed by atoms with Crippen molar-refractivity contribution in [3.05, 3.63) is 5.01 Å². The molecule has 0 aromatic carbocycles. The van der Waals surface area contributed by atoms with Gasteiger partial charge in [-0.15, -0.1) is 22.6 Å². The third kappa shape index (κ3) is 5.04. The van der Waals surface area contributed by atoms with E-state index in [2.05, 4.69) is 36.3 Å². The SMILES string of the molecule is CCCC(C)(N)C(=O)Nc1nnc(C(C)(C)C)s1.Cl. The first-order valence-corrected chi connectivity index (χ1v) is 6.93. The van der Waals surface area contributed by atoms with Gasteiger partial charge < -0.3 is 5.73 Å². The van der Waals surface area contributed by atoms with E-state index in [1.54, 1.807) is 6.92 Å². The number of hydrogen-bond acceptors (Lipinski definition) is 5. The minimum absolute atomic E-state index is 0. The van der Waals surface area contributed by atoms with E-state index in [-0.39, 0.29) is 23.7 Å². The highest BCUT2D eigenvalue weighted by molar-refractivity contribution is 7.15. The third-order valence-corrected chi connectivity index (χ3v) is 3.84. The smallest absolute Gasteiger partial charge is 0.245 e. The molecule has 110 valence electrons. The second-order valence-electron chi connectivity index (χ2n) is 5.78. The van der Waals surface area contributed by atoms with Gasteiger partial charge in [-0.25, -0.2) is 0 Å². The summed E-state index contributed by atoms with van der Waals surface area (Å²) in [5.74, 6) is -0.207. The van der Waals surface area contributed by atoms with Gasteiger partial charge in [-0.3, -0.25) is 10.1 Å². The van der Waals surface area contributed by atoms with Crippen LogP contribution in [0.15, 0.2) is 0 Å². The lowest BCUT2D eigenvalue weighted by atomic mass is 9.97. The second kappa shape index (κ2) is 6.63. The monoisotopic (exact) mass is 306 g/mol. The van der Waals surface area contributed by atoms with E-state index in [0.29, 0.717) is 11.6 Å². The molecule has 0 aliphatic rings. The lowest BCUT2D eigenvalue weighted by Crippen LogP contribution is -2.48. The molecule has 0 saturated heterocycles. The summed E-state index contributed by atoms with van der Waals surface area (Å²) in [6, 6.07) is 0. The van der Waals surface area contributed by atoms with Crippen molar-refractivity contribution >= 4 is 34.8 Å². The highest BCUT2D eigenvalue weighted by Crippen LogP contribution is 2.28. The van der Waals surface area contributed by atoms with Crippen molar-refractivity contribution in [2.24, 2.45) is 5.73 Å². The largest absolute Gasteiger partial charge is 0.318 e. The molecule has 0 spiro atoms. The zero-order chi connectivity index (χ0) is 14.0. The number of hydrogen-bond donors (Lipinski definition) is 2. The Morgan fingerprint density at radius 1 is 1.32 bits per heavy atom. The Bertz CT molecular complexity index is 426. The number of nitrogens with two attached hydrogens (primary N) is 1. The van der Waals surface area contributed by atoms with Gasteiger partial charge >= 0.3 is 0 Å². The van der Waals surface area contributed by atoms with Crippen LogP contribution in [0.3, 0.4) is 0 Å². The normalized spacial score (nSPS) is 14.4. The zero-order valence-corrected chi connectivity index (χ0v) is 13.7. The van der Waals surface area contributed by atoms with E-state index in [0.717, 1.165) is 11.4 Å². The van der Waals surface area contributed by atoms with Gasteiger partial charge in [0.05, 0.1) is 5.54 Å². The number of carbonyl (C=O) groups is 1. The molecule has 0 bridgehead atoms. The predicted octanol–water partition coefficient (Wildman–Crippen LogP) is 2.71. The molecule has 0 aliphatic carbocycles. The Balaban J connectivity index is 0.00000324. The molecule has 1 amide bonds. The van der Waals surface area contributed by atoms with Crippen molar-refractivity contribution in [3.63, 3.8) is 0 Å². The fraction of sp³-hybridized carbons (Fsp3) is 0.750. The first kappa shape index (κ1) is 18.3. The Morgan fingerprint density at radius 2 is 1.89 bits per heavy atom. The number of rotatable bonds is 4. The summed E-state index contributed by atoms with van der Waals surface area (Å²) in [5, 5.41) is 12.2. The number of carbonyl (C=O) groups excluding carboxylic acids is 1. The van der Waals surface area contributed by atoms with Crippen molar-refractivity contribution in [3.8, 4) is 0 Å². The summed E-state index contributed by atoms with van der Waals surface area (Å²) in [6.07, 6.45) is 1.51. The average molecular weight is 307 g/mol. The molecule has 1 unspecified atom stereocenters. The maximum atomic E-state index is 12.0. The van der Waals surface area contributed by atoms with E-state index in [1.807, 2.05) is 6.92 Å². The van der Waals surface area contributed by atoms with Crippen molar-refractivity contribution < 1.29 is 4.79 Å². The molecular weight excluding hydrogens is 284 g/mol. The molecule has 0 saturated carbocycles. The summed E-state index contributed by atoms with van der Waals surface area (Å²) < 4.78 is 0. The van der Waals surface area contributed by atoms with Gasteiger partial charge in [0, 0.05) is 5.41 Å². The van der Waals surface area contributed by atoms with Crippen molar-refractivity contribution in [2.75, 3.05) is 5.32 Å². The zero-order valence-electron chi connectivity index (χ0n) is 12.1. The quantitative estimate of drug-likeness (QED) is 0.896. The number of nitrogens with one attached hydrogen (secondary N) is 1. The van der Waals surface area contributed by atoms with Gasteiger partial charge in [-0.05, 0) is 13.3 Å². The van der Waals surface area contributed by atoms with E-state index in [1.165, 1.54) is 11.3 Å². The van der Waals surface area contributed by atoms with Crippen LogP contribution >= 0.6 is 23.7 Å². The van der Waals surface area contributed by atoms with Crippen LogP contribution in [0.5, 0.6) is 0 Å². The molecule has 0 radical (unpaired) electrons. The van der Waals surface area contributed by atoms with E-state index in [4.69, 9.17) is 5.73 Å². The molecule has 1 aromatic heterocycles. The van der Waals surface area contributed by atoms with Crippen LogP contribution in [0, 0.1) is 0 Å². The Hall–Kier alpha value is -0.720. The topological polar surface area (TPSA) is 80.9 Å². The van der Waals surface area contributed by atoms with E-state index < -0.39 is 5.54 Å². The van der Waals surface area contributed by atoms with Gasteiger partial charge in [0.15, 0.2) is 0 Å². The average Bonchev–Trinajstić information content (AvgIpc) is 2.65. The van der Waals surface area contributed by atoms with Gasteiger partial charge in [-0.2, -0.15) is 0 Å². The molecule has 1 rings (SSSR count). The van der Waals surface area contributed by atoms with E-state index in [9.17, 15) is 4.79 Å². The first-order valence-electron chi connectivity index (χ1n) is 6.11.